The monoisotopic (exact) mass is 384 g/mol. The number of carbonyl (C=O) groups excluding carboxylic acids is 3. The second-order valence-electron chi connectivity index (χ2n) is 3.79. The topological polar surface area (TPSA) is 78.9 Å². The van der Waals surface area contributed by atoms with Crippen LogP contribution >= 0.6 is 34.8 Å². The van der Waals surface area contributed by atoms with E-state index in [4.69, 9.17) is 46.2 Å². The minimum Gasteiger partial charge on any atom is -0.547 e. The molecule has 10 heteroatoms. The minimum atomic E-state index is -3.44. The van der Waals surface area contributed by atoms with Gasteiger partial charge >= 0.3 is 33.1 Å². The molecule has 0 saturated carbocycles. The molecule has 0 aromatic rings. The summed E-state index contributed by atoms with van der Waals surface area (Å²) >= 11 is 13.1. The zero-order valence-electron chi connectivity index (χ0n) is 11.9. The van der Waals surface area contributed by atoms with Crippen molar-refractivity contribution in [3.05, 3.63) is 33.3 Å². The summed E-state index contributed by atoms with van der Waals surface area (Å²) in [6, 6.07) is 0. The third kappa shape index (κ3) is 11.7. The van der Waals surface area contributed by atoms with Gasteiger partial charge in [-0.2, -0.15) is 0 Å². The van der Waals surface area contributed by atoms with E-state index in [1.165, 1.54) is 20.8 Å². The van der Waals surface area contributed by atoms with Gasteiger partial charge in [0.25, 0.3) is 0 Å². The van der Waals surface area contributed by atoms with Crippen molar-refractivity contribution in [1.29, 1.82) is 0 Å². The van der Waals surface area contributed by atoms with Gasteiger partial charge in [-0.1, -0.05) is 34.8 Å². The van der Waals surface area contributed by atoms with Crippen molar-refractivity contribution in [1.82, 2.24) is 0 Å². The Bertz CT molecular complexity index is 453. The lowest BCUT2D eigenvalue weighted by Crippen LogP contribution is -2.33. The number of carbonyl (C=O) groups is 3. The van der Waals surface area contributed by atoms with Gasteiger partial charge in [-0.25, -0.2) is 0 Å². The zero-order valence-corrected chi connectivity index (χ0v) is 15.3. The first-order valence-corrected chi connectivity index (χ1v) is 8.28. The first-order chi connectivity index (χ1) is 10.1. The molecule has 0 bridgehead atoms. The van der Waals surface area contributed by atoms with Crippen LogP contribution in [0.15, 0.2) is 33.3 Å². The predicted octanol–water partition coefficient (Wildman–Crippen LogP) is 3.03. The highest BCUT2D eigenvalue weighted by atomic mass is 35.5. The van der Waals surface area contributed by atoms with E-state index < -0.39 is 33.1 Å². The molecule has 0 atom stereocenters. The number of halogens is 3. The van der Waals surface area contributed by atoms with Crippen molar-refractivity contribution in [2.45, 2.75) is 20.8 Å². The third-order valence-electron chi connectivity index (χ3n) is 1.59. The molecule has 0 unspecified atom stereocenters. The molecule has 0 saturated heterocycles. The molecule has 0 aromatic carbocycles. The van der Waals surface area contributed by atoms with Crippen LogP contribution in [0, 0.1) is 0 Å². The van der Waals surface area contributed by atoms with E-state index >= 15 is 0 Å². The molecule has 0 rings (SSSR count). The molecule has 0 heterocycles. The van der Waals surface area contributed by atoms with Crippen molar-refractivity contribution in [3.63, 3.8) is 0 Å². The van der Waals surface area contributed by atoms with E-state index in [0.29, 0.717) is 0 Å². The second-order valence-corrected chi connectivity index (χ2v) is 6.87. The van der Waals surface area contributed by atoms with Crippen LogP contribution in [0.1, 0.15) is 20.8 Å². The van der Waals surface area contributed by atoms with E-state index in [9.17, 15) is 14.4 Å². The average molecular weight is 386 g/mol. The smallest absolute Gasteiger partial charge is 0.547 e. The standard InChI is InChI=1S/3C4H5ClO2.Al/c3*1-3(5)2-4(6)7;/h3*2H,1H3,(H,6,7);/q;;;+3/p-3/b3*3-2-;. The minimum absolute atomic E-state index is 0.142. The van der Waals surface area contributed by atoms with E-state index in [0.717, 1.165) is 18.2 Å². The van der Waals surface area contributed by atoms with Crippen LogP contribution in [0.3, 0.4) is 0 Å². The van der Waals surface area contributed by atoms with E-state index in [1.807, 2.05) is 0 Å². The summed E-state index contributed by atoms with van der Waals surface area (Å²) in [5.41, 5.74) is 0. The fraction of sp³-hybridized carbons (Fsp3) is 0.250. The molecule has 120 valence electrons. The number of hydrogen-bond donors (Lipinski definition) is 0. The molecule has 0 amide bonds. The summed E-state index contributed by atoms with van der Waals surface area (Å²) in [4.78, 5) is 34.4. The van der Waals surface area contributed by atoms with E-state index in [-0.39, 0.29) is 15.1 Å². The van der Waals surface area contributed by atoms with Crippen LogP contribution in [0.5, 0.6) is 0 Å². The van der Waals surface area contributed by atoms with Gasteiger partial charge in [0.2, 0.25) is 0 Å². The Morgan fingerprint density at radius 3 is 1.09 bits per heavy atom. The van der Waals surface area contributed by atoms with Crippen molar-refractivity contribution < 1.29 is 25.7 Å². The highest BCUT2D eigenvalue weighted by molar-refractivity contribution is 6.46. The SMILES string of the molecule is C/C(Cl)=C/C(=O)[O][Al]([O]C(=O)/C=C(/C)Cl)[O]C(=O)/C=C(/C)Cl. The van der Waals surface area contributed by atoms with Crippen LogP contribution in [-0.4, -0.2) is 33.1 Å². The van der Waals surface area contributed by atoms with Gasteiger partial charge in [-0.3, -0.25) is 14.4 Å². The molecule has 22 heavy (non-hydrogen) atoms. The van der Waals surface area contributed by atoms with Gasteiger partial charge < -0.3 is 11.4 Å². The van der Waals surface area contributed by atoms with Crippen LogP contribution in [0.25, 0.3) is 0 Å². The van der Waals surface area contributed by atoms with Gasteiger partial charge in [0.15, 0.2) is 0 Å². The number of hydrogen-bond acceptors (Lipinski definition) is 6. The van der Waals surface area contributed by atoms with Crippen molar-refractivity contribution >= 4 is 67.9 Å². The zero-order chi connectivity index (χ0) is 17.3. The second kappa shape index (κ2) is 10.7. The number of allylic oxidation sites excluding steroid dienone is 3. The summed E-state index contributed by atoms with van der Waals surface area (Å²) in [6.45, 7) is 4.32. The van der Waals surface area contributed by atoms with Crippen molar-refractivity contribution in [2.24, 2.45) is 0 Å². The molecule has 0 N–H and O–H groups in total. The van der Waals surface area contributed by atoms with Gasteiger partial charge in [0, 0.05) is 33.3 Å². The maximum atomic E-state index is 11.5. The molecule has 6 nitrogen and oxygen atoms in total. The molecule has 0 aromatic heterocycles. The van der Waals surface area contributed by atoms with Crippen molar-refractivity contribution in [2.75, 3.05) is 0 Å². The van der Waals surface area contributed by atoms with Gasteiger partial charge in [-0.15, -0.1) is 0 Å². The fourth-order valence-electron chi connectivity index (χ4n) is 0.946. The van der Waals surface area contributed by atoms with Crippen LogP contribution < -0.4 is 0 Å². The molecule has 0 aliphatic carbocycles. The van der Waals surface area contributed by atoms with Crippen LogP contribution in [-0.2, 0) is 25.7 Å². The maximum Gasteiger partial charge on any atom is 1.20 e. The molecular formula is C12H12AlCl3O6. The van der Waals surface area contributed by atoms with E-state index in [2.05, 4.69) is 0 Å². The third-order valence-corrected chi connectivity index (χ3v) is 3.19. The molecule has 0 radical (unpaired) electrons. The Labute approximate surface area is 147 Å². The Balaban J connectivity index is 4.98. The Kier molecular flexibility index (Phi) is 10.2. The summed E-state index contributed by atoms with van der Waals surface area (Å²) in [6.07, 6.45) is 2.82. The lowest BCUT2D eigenvalue weighted by molar-refractivity contribution is -0.141. The van der Waals surface area contributed by atoms with Crippen LogP contribution in [0.2, 0.25) is 0 Å². The van der Waals surface area contributed by atoms with Gasteiger partial charge in [0.05, 0.1) is 0 Å². The fourth-order valence-corrected chi connectivity index (χ4v) is 2.13. The average Bonchev–Trinajstić information content (AvgIpc) is 2.23. The quantitative estimate of drug-likeness (QED) is 0.516. The Hall–Kier alpha value is -0.968. The lowest BCUT2D eigenvalue weighted by atomic mass is 10.5. The molecular weight excluding hydrogens is 373 g/mol. The van der Waals surface area contributed by atoms with Crippen molar-refractivity contribution in [3.8, 4) is 0 Å². The summed E-state index contributed by atoms with van der Waals surface area (Å²) in [5.74, 6) is -2.74. The molecule has 0 aliphatic rings. The molecule has 0 aliphatic heterocycles. The predicted molar refractivity (Wildman–Crippen MR) is 82.9 cm³/mol. The molecule has 0 fully saturated rings. The summed E-state index contributed by atoms with van der Waals surface area (Å²) in [7, 11) is 0. The summed E-state index contributed by atoms with van der Waals surface area (Å²) in [5, 5.41) is 0.426. The molecule has 0 spiro atoms. The first-order valence-electron chi connectivity index (χ1n) is 5.73. The Morgan fingerprint density at radius 1 is 0.682 bits per heavy atom. The first kappa shape index (κ1) is 21.0. The lowest BCUT2D eigenvalue weighted by Gasteiger charge is -2.10. The van der Waals surface area contributed by atoms with E-state index in [1.54, 1.807) is 0 Å². The van der Waals surface area contributed by atoms with Gasteiger partial charge in [-0.05, 0) is 20.8 Å². The van der Waals surface area contributed by atoms with Crippen LogP contribution in [0.4, 0.5) is 0 Å². The normalized spacial score (nSPS) is 12.5. The van der Waals surface area contributed by atoms with Gasteiger partial charge in [0.1, 0.15) is 0 Å². The highest BCUT2D eigenvalue weighted by Gasteiger charge is 2.48. The summed E-state index contributed by atoms with van der Waals surface area (Å²) < 4.78 is 14.3. The maximum absolute atomic E-state index is 11.5. The number of rotatable bonds is 6. The largest absolute Gasteiger partial charge is 1.20 e. The highest BCUT2D eigenvalue weighted by Crippen LogP contribution is 2.06. The Morgan fingerprint density at radius 2 is 0.909 bits per heavy atom.